The van der Waals surface area contributed by atoms with Crippen molar-refractivity contribution < 1.29 is 19.6 Å². The van der Waals surface area contributed by atoms with Crippen molar-refractivity contribution in [2.45, 2.75) is 25.3 Å². The summed E-state index contributed by atoms with van der Waals surface area (Å²) in [6.07, 6.45) is 3.63. The van der Waals surface area contributed by atoms with E-state index in [1.54, 1.807) is 6.07 Å². The second-order valence-corrected chi connectivity index (χ2v) is 5.87. The van der Waals surface area contributed by atoms with Crippen LogP contribution in [0.1, 0.15) is 29.8 Å². The lowest BCUT2D eigenvalue weighted by Gasteiger charge is -2.12. The summed E-state index contributed by atoms with van der Waals surface area (Å²) in [5, 5.41) is 29.9. The van der Waals surface area contributed by atoms with Gasteiger partial charge in [-0.3, -0.25) is 14.9 Å². The number of rotatable bonds is 7. The van der Waals surface area contributed by atoms with E-state index >= 15 is 0 Å². The SMILES string of the molecule is O=C(NC(CC1CC1)C(=O)O)c1cn(-c2cccc([N+](=O)[O-])c2)nn1. The van der Waals surface area contributed by atoms with Crippen LogP contribution in [0.4, 0.5) is 5.69 Å². The highest BCUT2D eigenvalue weighted by molar-refractivity contribution is 5.94. The fourth-order valence-corrected chi connectivity index (χ4v) is 2.38. The molecule has 2 N–H and O–H groups in total. The number of amides is 1. The van der Waals surface area contributed by atoms with E-state index in [0.29, 0.717) is 18.0 Å². The van der Waals surface area contributed by atoms with Crippen molar-refractivity contribution in [1.29, 1.82) is 0 Å². The van der Waals surface area contributed by atoms with Gasteiger partial charge in [-0.05, 0) is 18.4 Å². The van der Waals surface area contributed by atoms with Crippen LogP contribution in [0, 0.1) is 16.0 Å². The number of nitro benzene ring substituents is 1. The van der Waals surface area contributed by atoms with E-state index in [9.17, 15) is 24.8 Å². The molecular weight excluding hydrogens is 330 g/mol. The number of aromatic nitrogens is 3. The quantitative estimate of drug-likeness (QED) is 0.566. The van der Waals surface area contributed by atoms with Crippen LogP contribution < -0.4 is 5.32 Å². The zero-order valence-electron chi connectivity index (χ0n) is 13.0. The van der Waals surface area contributed by atoms with Crippen molar-refractivity contribution in [3.63, 3.8) is 0 Å². The molecule has 1 unspecified atom stereocenters. The standard InChI is InChI=1S/C15H15N5O5/c21-14(16-12(15(22)23)6-9-4-5-9)13-8-19(18-17-13)10-2-1-3-11(7-10)20(24)25/h1-3,7-9,12H,4-6H2,(H,16,21)(H,22,23). The third-order valence-electron chi connectivity index (χ3n) is 3.90. The second-order valence-electron chi connectivity index (χ2n) is 5.87. The van der Waals surface area contributed by atoms with Gasteiger partial charge < -0.3 is 10.4 Å². The summed E-state index contributed by atoms with van der Waals surface area (Å²) >= 11 is 0. The topological polar surface area (TPSA) is 140 Å². The molecule has 0 saturated heterocycles. The Bertz CT molecular complexity index is 829. The molecule has 3 rings (SSSR count). The van der Waals surface area contributed by atoms with E-state index in [4.69, 9.17) is 0 Å². The summed E-state index contributed by atoms with van der Waals surface area (Å²) in [5.41, 5.74) is 0.191. The van der Waals surface area contributed by atoms with Crippen LogP contribution in [-0.4, -0.2) is 42.9 Å². The summed E-state index contributed by atoms with van der Waals surface area (Å²) in [6, 6.07) is 4.73. The lowest BCUT2D eigenvalue weighted by molar-refractivity contribution is -0.384. The van der Waals surface area contributed by atoms with Gasteiger partial charge in [-0.25, -0.2) is 9.48 Å². The molecular formula is C15H15N5O5. The van der Waals surface area contributed by atoms with Crippen molar-refractivity contribution in [3.8, 4) is 5.69 Å². The van der Waals surface area contributed by atoms with Gasteiger partial charge in [0.1, 0.15) is 6.04 Å². The predicted octanol–water partition coefficient (Wildman–Crippen LogP) is 1.16. The summed E-state index contributed by atoms with van der Waals surface area (Å²) < 4.78 is 1.22. The molecule has 1 aromatic carbocycles. The molecule has 1 atom stereocenters. The molecule has 1 heterocycles. The molecule has 2 aromatic rings. The largest absolute Gasteiger partial charge is 0.480 e. The van der Waals surface area contributed by atoms with E-state index in [1.807, 2.05) is 0 Å². The van der Waals surface area contributed by atoms with Gasteiger partial charge in [0, 0.05) is 12.1 Å². The molecule has 1 saturated carbocycles. The van der Waals surface area contributed by atoms with Crippen LogP contribution in [0.2, 0.25) is 0 Å². The Labute approximate surface area is 141 Å². The average Bonchev–Trinajstić information content (AvgIpc) is 3.26. The first kappa shape index (κ1) is 16.6. The predicted molar refractivity (Wildman–Crippen MR) is 84.2 cm³/mol. The summed E-state index contributed by atoms with van der Waals surface area (Å²) in [7, 11) is 0. The molecule has 0 radical (unpaired) electrons. The van der Waals surface area contributed by atoms with Gasteiger partial charge in [-0.1, -0.05) is 24.1 Å². The summed E-state index contributed by atoms with van der Waals surface area (Å²) in [4.78, 5) is 33.7. The van der Waals surface area contributed by atoms with Crippen molar-refractivity contribution in [2.75, 3.05) is 0 Å². The number of nitrogens with zero attached hydrogens (tertiary/aromatic N) is 4. The Morgan fingerprint density at radius 3 is 2.84 bits per heavy atom. The number of hydrogen-bond acceptors (Lipinski definition) is 6. The first-order valence-electron chi connectivity index (χ1n) is 7.65. The van der Waals surface area contributed by atoms with Crippen molar-refractivity contribution in [2.24, 2.45) is 5.92 Å². The lowest BCUT2D eigenvalue weighted by Crippen LogP contribution is -2.41. The number of carboxylic acid groups (broad SMARTS) is 1. The highest BCUT2D eigenvalue weighted by Crippen LogP contribution is 2.33. The maximum Gasteiger partial charge on any atom is 0.326 e. The third kappa shape index (κ3) is 3.97. The molecule has 1 amide bonds. The normalized spacial score (nSPS) is 14.7. The van der Waals surface area contributed by atoms with Crippen LogP contribution in [0.25, 0.3) is 5.69 Å². The molecule has 1 aliphatic carbocycles. The van der Waals surface area contributed by atoms with Gasteiger partial charge in [0.25, 0.3) is 11.6 Å². The van der Waals surface area contributed by atoms with Crippen molar-refractivity contribution in [1.82, 2.24) is 20.3 Å². The van der Waals surface area contributed by atoms with E-state index in [-0.39, 0.29) is 11.4 Å². The molecule has 10 nitrogen and oxygen atoms in total. The Balaban J connectivity index is 1.73. The smallest absolute Gasteiger partial charge is 0.326 e. The van der Waals surface area contributed by atoms with E-state index in [1.165, 1.54) is 29.1 Å². The molecule has 25 heavy (non-hydrogen) atoms. The number of carbonyl (C=O) groups is 2. The molecule has 0 aliphatic heterocycles. The third-order valence-corrected chi connectivity index (χ3v) is 3.90. The molecule has 130 valence electrons. The van der Waals surface area contributed by atoms with Gasteiger partial charge in [0.2, 0.25) is 0 Å². The van der Waals surface area contributed by atoms with Crippen molar-refractivity contribution in [3.05, 3.63) is 46.3 Å². The fourth-order valence-electron chi connectivity index (χ4n) is 2.38. The zero-order chi connectivity index (χ0) is 18.0. The van der Waals surface area contributed by atoms with Gasteiger partial charge in [-0.2, -0.15) is 0 Å². The van der Waals surface area contributed by atoms with Crippen LogP contribution >= 0.6 is 0 Å². The number of nitro groups is 1. The van der Waals surface area contributed by atoms with Crippen LogP contribution in [0.15, 0.2) is 30.5 Å². The fraction of sp³-hybridized carbons (Fsp3) is 0.333. The van der Waals surface area contributed by atoms with Gasteiger partial charge in [0.05, 0.1) is 16.8 Å². The average molecular weight is 345 g/mol. The number of aliphatic carboxylic acids is 1. The molecule has 0 spiro atoms. The summed E-state index contributed by atoms with van der Waals surface area (Å²) in [5.74, 6) is -1.40. The first-order valence-corrected chi connectivity index (χ1v) is 7.65. The van der Waals surface area contributed by atoms with E-state index in [2.05, 4.69) is 15.6 Å². The number of nitrogens with one attached hydrogen (secondary N) is 1. The van der Waals surface area contributed by atoms with Crippen LogP contribution in [0.3, 0.4) is 0 Å². The van der Waals surface area contributed by atoms with Crippen LogP contribution in [-0.2, 0) is 4.79 Å². The van der Waals surface area contributed by atoms with Gasteiger partial charge in [-0.15, -0.1) is 5.10 Å². The zero-order valence-corrected chi connectivity index (χ0v) is 13.0. The minimum absolute atomic E-state index is 0.0615. The van der Waals surface area contributed by atoms with Gasteiger partial charge in [0.15, 0.2) is 5.69 Å². The molecule has 1 aliphatic rings. The maximum absolute atomic E-state index is 12.2. The second kappa shape index (κ2) is 6.67. The maximum atomic E-state index is 12.2. The van der Waals surface area contributed by atoms with E-state index in [0.717, 1.165) is 12.8 Å². The Morgan fingerprint density at radius 2 is 2.20 bits per heavy atom. The number of carbonyl (C=O) groups excluding carboxylic acids is 1. The lowest BCUT2D eigenvalue weighted by atomic mass is 10.1. The number of carboxylic acids is 1. The number of hydrogen-bond donors (Lipinski definition) is 2. The Morgan fingerprint density at radius 1 is 1.44 bits per heavy atom. The minimum Gasteiger partial charge on any atom is -0.480 e. The highest BCUT2D eigenvalue weighted by atomic mass is 16.6. The minimum atomic E-state index is -1.09. The number of non-ortho nitro benzene ring substituents is 1. The van der Waals surface area contributed by atoms with Crippen LogP contribution in [0.5, 0.6) is 0 Å². The first-order chi connectivity index (χ1) is 11.9. The van der Waals surface area contributed by atoms with Gasteiger partial charge >= 0.3 is 5.97 Å². The Kier molecular flexibility index (Phi) is 4.42. The highest BCUT2D eigenvalue weighted by Gasteiger charge is 2.30. The van der Waals surface area contributed by atoms with E-state index < -0.39 is 22.8 Å². The summed E-state index contributed by atoms with van der Waals surface area (Å²) in [6.45, 7) is 0. The molecule has 10 heteroatoms. The monoisotopic (exact) mass is 345 g/mol. The molecule has 1 fully saturated rings. The number of benzene rings is 1. The van der Waals surface area contributed by atoms with Crippen molar-refractivity contribution >= 4 is 17.6 Å². The Hall–Kier alpha value is -3.30. The molecule has 1 aromatic heterocycles. The molecule has 0 bridgehead atoms.